The van der Waals surface area contributed by atoms with Crippen molar-refractivity contribution in [1.29, 1.82) is 0 Å². The fraction of sp³-hybridized carbons (Fsp3) is 0.300. The second kappa shape index (κ2) is 3.09. The molecule has 0 aliphatic carbocycles. The molecule has 3 heteroatoms. The number of benzene rings is 1. The maximum Gasteiger partial charge on any atom is 0.181 e. The van der Waals surface area contributed by atoms with E-state index in [9.17, 15) is 0 Å². The van der Waals surface area contributed by atoms with Crippen molar-refractivity contribution < 1.29 is 4.42 Å². The van der Waals surface area contributed by atoms with Crippen molar-refractivity contribution in [2.24, 2.45) is 0 Å². The first-order chi connectivity index (χ1) is 6.25. The van der Waals surface area contributed by atoms with Gasteiger partial charge in [0.25, 0.3) is 0 Å². The molecule has 3 nitrogen and oxygen atoms in total. The fourth-order valence-corrected chi connectivity index (χ4v) is 1.28. The average molecular weight is 176 g/mol. The van der Waals surface area contributed by atoms with E-state index in [0.29, 0.717) is 6.04 Å². The number of nitrogens with one attached hydrogen (secondary N) is 1. The summed E-state index contributed by atoms with van der Waals surface area (Å²) >= 11 is 0. The van der Waals surface area contributed by atoms with Crippen molar-refractivity contribution in [2.75, 3.05) is 5.32 Å². The van der Waals surface area contributed by atoms with Crippen LogP contribution in [0.3, 0.4) is 0 Å². The van der Waals surface area contributed by atoms with Gasteiger partial charge in [0.1, 0.15) is 5.52 Å². The molecular formula is C10H12N2O. The quantitative estimate of drug-likeness (QED) is 0.764. The Labute approximate surface area is 76.8 Å². The van der Waals surface area contributed by atoms with E-state index in [1.165, 1.54) is 6.39 Å². The third kappa shape index (κ3) is 1.64. The minimum Gasteiger partial charge on any atom is -0.443 e. The highest BCUT2D eigenvalue weighted by atomic mass is 16.3. The second-order valence-corrected chi connectivity index (χ2v) is 3.33. The summed E-state index contributed by atoms with van der Waals surface area (Å²) in [4.78, 5) is 4.08. The zero-order valence-electron chi connectivity index (χ0n) is 7.74. The lowest BCUT2D eigenvalue weighted by atomic mass is 10.2. The highest BCUT2D eigenvalue weighted by molar-refractivity contribution is 5.76. The number of hydrogen-bond donors (Lipinski definition) is 1. The maximum atomic E-state index is 5.14. The van der Waals surface area contributed by atoms with Gasteiger partial charge in [0, 0.05) is 11.7 Å². The normalized spacial score (nSPS) is 11.0. The highest BCUT2D eigenvalue weighted by Crippen LogP contribution is 2.17. The number of aromatic nitrogens is 1. The van der Waals surface area contributed by atoms with Crippen LogP contribution in [0.2, 0.25) is 0 Å². The van der Waals surface area contributed by atoms with Gasteiger partial charge in [0.2, 0.25) is 0 Å². The molecule has 0 bridgehead atoms. The third-order valence-electron chi connectivity index (χ3n) is 1.79. The molecule has 0 aliphatic rings. The zero-order chi connectivity index (χ0) is 9.26. The van der Waals surface area contributed by atoms with Gasteiger partial charge in [-0.3, -0.25) is 0 Å². The van der Waals surface area contributed by atoms with Crippen LogP contribution in [-0.2, 0) is 0 Å². The SMILES string of the molecule is CC(C)Nc1ccc2ocnc2c1. The Bertz CT molecular complexity index is 406. The average Bonchev–Trinajstić information content (AvgIpc) is 2.49. The van der Waals surface area contributed by atoms with Crippen LogP contribution in [0.25, 0.3) is 11.1 Å². The minimum absolute atomic E-state index is 0.435. The van der Waals surface area contributed by atoms with Gasteiger partial charge in [-0.05, 0) is 32.0 Å². The molecule has 2 aromatic rings. The summed E-state index contributed by atoms with van der Waals surface area (Å²) in [5.74, 6) is 0. The number of fused-ring (bicyclic) bond motifs is 1. The van der Waals surface area contributed by atoms with E-state index in [1.54, 1.807) is 0 Å². The van der Waals surface area contributed by atoms with Crippen LogP contribution in [-0.4, -0.2) is 11.0 Å². The lowest BCUT2D eigenvalue weighted by Crippen LogP contribution is -2.09. The molecular weight excluding hydrogens is 164 g/mol. The Morgan fingerprint density at radius 1 is 1.38 bits per heavy atom. The molecule has 0 saturated heterocycles. The molecule has 68 valence electrons. The van der Waals surface area contributed by atoms with Crippen LogP contribution < -0.4 is 5.32 Å². The van der Waals surface area contributed by atoms with E-state index in [4.69, 9.17) is 4.42 Å². The van der Waals surface area contributed by atoms with Crippen molar-refractivity contribution in [1.82, 2.24) is 4.98 Å². The van der Waals surface area contributed by atoms with Crippen LogP contribution in [0.4, 0.5) is 5.69 Å². The van der Waals surface area contributed by atoms with Crippen molar-refractivity contribution in [3.63, 3.8) is 0 Å². The molecule has 0 spiro atoms. The summed E-state index contributed by atoms with van der Waals surface area (Å²) in [6, 6.07) is 6.34. The molecule has 13 heavy (non-hydrogen) atoms. The molecule has 0 fully saturated rings. The summed E-state index contributed by atoms with van der Waals surface area (Å²) in [6.45, 7) is 4.21. The molecule has 1 aromatic carbocycles. The van der Waals surface area contributed by atoms with Crippen molar-refractivity contribution in [3.05, 3.63) is 24.6 Å². The molecule has 0 saturated carbocycles. The Kier molecular flexibility index (Phi) is 1.93. The predicted octanol–water partition coefficient (Wildman–Crippen LogP) is 2.65. The van der Waals surface area contributed by atoms with Gasteiger partial charge in [0.05, 0.1) is 0 Å². The van der Waals surface area contributed by atoms with Crippen LogP contribution in [0.5, 0.6) is 0 Å². The Balaban J connectivity index is 2.37. The van der Waals surface area contributed by atoms with Gasteiger partial charge >= 0.3 is 0 Å². The molecule has 1 heterocycles. The summed E-state index contributed by atoms with van der Waals surface area (Å²) in [6.07, 6.45) is 1.46. The molecule has 0 aliphatic heterocycles. The van der Waals surface area contributed by atoms with E-state index in [0.717, 1.165) is 16.8 Å². The molecule has 0 amide bonds. The number of oxazole rings is 1. The van der Waals surface area contributed by atoms with Crippen molar-refractivity contribution >= 4 is 16.8 Å². The molecule has 0 unspecified atom stereocenters. The van der Waals surface area contributed by atoms with Crippen LogP contribution in [0, 0.1) is 0 Å². The standard InChI is InChI=1S/C10H12N2O/c1-7(2)12-8-3-4-10-9(5-8)11-6-13-10/h3-7,12H,1-2H3. The monoisotopic (exact) mass is 176 g/mol. The summed E-state index contributed by atoms with van der Waals surface area (Å²) in [7, 11) is 0. The minimum atomic E-state index is 0.435. The second-order valence-electron chi connectivity index (χ2n) is 3.33. The van der Waals surface area contributed by atoms with E-state index in [2.05, 4.69) is 24.1 Å². The Hall–Kier alpha value is -1.51. The number of hydrogen-bond acceptors (Lipinski definition) is 3. The lowest BCUT2D eigenvalue weighted by molar-refractivity contribution is 0.602. The molecule has 0 radical (unpaired) electrons. The van der Waals surface area contributed by atoms with Gasteiger partial charge in [-0.15, -0.1) is 0 Å². The summed E-state index contributed by atoms with van der Waals surface area (Å²) in [5, 5.41) is 3.30. The fourth-order valence-electron chi connectivity index (χ4n) is 1.28. The molecule has 0 atom stereocenters. The van der Waals surface area contributed by atoms with Gasteiger partial charge < -0.3 is 9.73 Å². The van der Waals surface area contributed by atoms with Crippen LogP contribution >= 0.6 is 0 Å². The highest BCUT2D eigenvalue weighted by Gasteiger charge is 2.00. The number of nitrogens with zero attached hydrogens (tertiary/aromatic N) is 1. The topological polar surface area (TPSA) is 38.1 Å². The van der Waals surface area contributed by atoms with Crippen LogP contribution in [0.15, 0.2) is 29.0 Å². The predicted molar refractivity (Wildman–Crippen MR) is 52.8 cm³/mol. The van der Waals surface area contributed by atoms with E-state index in [-0.39, 0.29) is 0 Å². The maximum absolute atomic E-state index is 5.14. The lowest BCUT2D eigenvalue weighted by Gasteiger charge is -2.08. The summed E-state index contributed by atoms with van der Waals surface area (Å²) in [5.41, 5.74) is 2.80. The molecule has 2 rings (SSSR count). The smallest absolute Gasteiger partial charge is 0.181 e. The van der Waals surface area contributed by atoms with Gasteiger partial charge in [0.15, 0.2) is 12.0 Å². The zero-order valence-corrected chi connectivity index (χ0v) is 7.74. The first-order valence-corrected chi connectivity index (χ1v) is 4.35. The third-order valence-corrected chi connectivity index (χ3v) is 1.79. The largest absolute Gasteiger partial charge is 0.443 e. The first kappa shape index (κ1) is 8.10. The van der Waals surface area contributed by atoms with Gasteiger partial charge in [-0.1, -0.05) is 0 Å². The van der Waals surface area contributed by atoms with E-state index >= 15 is 0 Å². The summed E-state index contributed by atoms with van der Waals surface area (Å²) < 4.78 is 5.14. The first-order valence-electron chi connectivity index (χ1n) is 4.35. The number of rotatable bonds is 2. The number of anilines is 1. The Morgan fingerprint density at radius 2 is 2.23 bits per heavy atom. The van der Waals surface area contributed by atoms with Crippen molar-refractivity contribution in [2.45, 2.75) is 19.9 Å². The Morgan fingerprint density at radius 3 is 3.00 bits per heavy atom. The van der Waals surface area contributed by atoms with Gasteiger partial charge in [-0.25, -0.2) is 4.98 Å². The van der Waals surface area contributed by atoms with E-state index in [1.807, 2.05) is 18.2 Å². The van der Waals surface area contributed by atoms with Crippen molar-refractivity contribution in [3.8, 4) is 0 Å². The molecule has 1 aromatic heterocycles. The molecule has 1 N–H and O–H groups in total. The van der Waals surface area contributed by atoms with Gasteiger partial charge in [-0.2, -0.15) is 0 Å². The van der Waals surface area contributed by atoms with E-state index < -0.39 is 0 Å². The van der Waals surface area contributed by atoms with Crippen LogP contribution in [0.1, 0.15) is 13.8 Å².